The van der Waals surface area contributed by atoms with Gasteiger partial charge in [-0.1, -0.05) is 0 Å². The van der Waals surface area contributed by atoms with Crippen LogP contribution in [0.15, 0.2) is 0 Å². The number of aromatic nitrogens is 4. The number of ether oxygens (including phenoxy) is 2. The second kappa shape index (κ2) is 7.23. The summed E-state index contributed by atoms with van der Waals surface area (Å²) in [6.07, 6.45) is 4.68. The maximum Gasteiger partial charge on any atom is 0.165 e. The SMILES string of the molecule is COC1CCN(Cc2nnnn2CC2CCOCC2)C(C)(C)C1. The number of methoxy groups -OCH3 is 1. The predicted octanol–water partition coefficient (Wildman–Crippen LogP) is 1.49. The Balaban J connectivity index is 1.63. The Morgan fingerprint density at radius 1 is 1.26 bits per heavy atom. The van der Waals surface area contributed by atoms with Gasteiger partial charge in [0.2, 0.25) is 0 Å². The topological polar surface area (TPSA) is 65.3 Å². The van der Waals surface area contributed by atoms with Crippen LogP contribution in [0.5, 0.6) is 0 Å². The van der Waals surface area contributed by atoms with E-state index in [2.05, 4.69) is 34.3 Å². The summed E-state index contributed by atoms with van der Waals surface area (Å²) in [4.78, 5) is 2.48. The molecule has 0 spiro atoms. The summed E-state index contributed by atoms with van der Waals surface area (Å²) in [5.41, 5.74) is 0.106. The first kappa shape index (κ1) is 16.8. The summed E-state index contributed by atoms with van der Waals surface area (Å²) in [5, 5.41) is 12.4. The number of likely N-dealkylation sites (tertiary alicyclic amines) is 1. The number of hydrogen-bond donors (Lipinski definition) is 0. The van der Waals surface area contributed by atoms with Crippen LogP contribution in [0.4, 0.5) is 0 Å². The third-order valence-corrected chi connectivity index (χ3v) is 5.35. The Bertz CT molecular complexity index is 498. The summed E-state index contributed by atoms with van der Waals surface area (Å²) in [6, 6.07) is 0. The van der Waals surface area contributed by atoms with Gasteiger partial charge < -0.3 is 9.47 Å². The molecule has 0 bridgehead atoms. The molecular formula is C16H29N5O2. The summed E-state index contributed by atoms with van der Waals surface area (Å²) < 4.78 is 13.0. The lowest BCUT2D eigenvalue weighted by atomic mass is 9.88. The monoisotopic (exact) mass is 323 g/mol. The molecule has 2 aliphatic rings. The zero-order valence-corrected chi connectivity index (χ0v) is 14.6. The summed E-state index contributed by atoms with van der Waals surface area (Å²) in [5.74, 6) is 1.60. The van der Waals surface area contributed by atoms with Crippen molar-refractivity contribution in [2.75, 3.05) is 26.9 Å². The minimum Gasteiger partial charge on any atom is -0.381 e. The van der Waals surface area contributed by atoms with E-state index < -0.39 is 0 Å². The van der Waals surface area contributed by atoms with Crippen molar-refractivity contribution in [1.82, 2.24) is 25.1 Å². The van der Waals surface area contributed by atoms with E-state index >= 15 is 0 Å². The molecule has 0 N–H and O–H groups in total. The van der Waals surface area contributed by atoms with Crippen molar-refractivity contribution >= 4 is 0 Å². The molecule has 23 heavy (non-hydrogen) atoms. The van der Waals surface area contributed by atoms with Gasteiger partial charge in [-0.2, -0.15) is 0 Å². The van der Waals surface area contributed by atoms with Gasteiger partial charge in [-0.3, -0.25) is 4.90 Å². The zero-order chi connectivity index (χ0) is 16.3. The highest BCUT2D eigenvalue weighted by Gasteiger charge is 2.35. The average Bonchev–Trinajstić information content (AvgIpc) is 2.97. The third kappa shape index (κ3) is 4.08. The van der Waals surface area contributed by atoms with Gasteiger partial charge in [0, 0.05) is 39.0 Å². The van der Waals surface area contributed by atoms with Crippen molar-refractivity contribution in [3.05, 3.63) is 5.82 Å². The van der Waals surface area contributed by atoms with E-state index in [-0.39, 0.29) is 5.54 Å². The molecule has 3 heterocycles. The molecule has 1 atom stereocenters. The first-order valence-electron chi connectivity index (χ1n) is 8.69. The molecular weight excluding hydrogens is 294 g/mol. The van der Waals surface area contributed by atoms with Crippen molar-refractivity contribution in [3.8, 4) is 0 Å². The summed E-state index contributed by atoms with van der Waals surface area (Å²) >= 11 is 0. The molecule has 2 saturated heterocycles. The second-order valence-electron chi connectivity index (χ2n) is 7.42. The van der Waals surface area contributed by atoms with Crippen LogP contribution < -0.4 is 0 Å². The zero-order valence-electron chi connectivity index (χ0n) is 14.6. The molecule has 130 valence electrons. The summed E-state index contributed by atoms with van der Waals surface area (Å²) in [7, 11) is 1.81. The molecule has 0 amide bonds. The summed E-state index contributed by atoms with van der Waals surface area (Å²) in [6.45, 7) is 9.02. The predicted molar refractivity (Wildman–Crippen MR) is 85.9 cm³/mol. The van der Waals surface area contributed by atoms with E-state index in [0.717, 1.165) is 64.4 Å². The van der Waals surface area contributed by atoms with Gasteiger partial charge in [0.25, 0.3) is 0 Å². The fourth-order valence-electron chi connectivity index (χ4n) is 3.71. The van der Waals surface area contributed by atoms with Crippen LogP contribution in [0.3, 0.4) is 0 Å². The molecule has 0 saturated carbocycles. The van der Waals surface area contributed by atoms with Crippen molar-refractivity contribution in [1.29, 1.82) is 0 Å². The second-order valence-corrected chi connectivity index (χ2v) is 7.42. The first-order chi connectivity index (χ1) is 11.1. The van der Waals surface area contributed by atoms with E-state index in [1.54, 1.807) is 0 Å². The fourth-order valence-corrected chi connectivity index (χ4v) is 3.71. The first-order valence-corrected chi connectivity index (χ1v) is 8.69. The van der Waals surface area contributed by atoms with Crippen LogP contribution in [-0.2, 0) is 22.6 Å². The quantitative estimate of drug-likeness (QED) is 0.818. The smallest absolute Gasteiger partial charge is 0.165 e. The molecule has 1 aromatic rings. The molecule has 0 aromatic carbocycles. The third-order valence-electron chi connectivity index (χ3n) is 5.35. The number of hydrogen-bond acceptors (Lipinski definition) is 6. The Morgan fingerprint density at radius 3 is 2.74 bits per heavy atom. The van der Waals surface area contributed by atoms with Gasteiger partial charge in [0.05, 0.1) is 12.6 Å². The lowest BCUT2D eigenvalue weighted by Gasteiger charge is -2.44. The largest absolute Gasteiger partial charge is 0.381 e. The number of nitrogens with zero attached hydrogens (tertiary/aromatic N) is 5. The normalized spacial score (nSPS) is 26.5. The van der Waals surface area contributed by atoms with Crippen molar-refractivity contribution < 1.29 is 9.47 Å². The molecule has 7 heteroatoms. The molecule has 2 aliphatic heterocycles. The van der Waals surface area contributed by atoms with Gasteiger partial charge in [-0.15, -0.1) is 5.10 Å². The number of piperidine rings is 1. The van der Waals surface area contributed by atoms with Gasteiger partial charge in [0.15, 0.2) is 5.82 Å². The Labute approximate surface area is 138 Å². The van der Waals surface area contributed by atoms with Crippen LogP contribution in [0.2, 0.25) is 0 Å². The lowest BCUT2D eigenvalue weighted by Crippen LogP contribution is -2.51. The van der Waals surface area contributed by atoms with Gasteiger partial charge >= 0.3 is 0 Å². The van der Waals surface area contributed by atoms with Crippen LogP contribution in [0.25, 0.3) is 0 Å². The molecule has 3 rings (SSSR count). The molecule has 0 radical (unpaired) electrons. The molecule has 0 aliphatic carbocycles. The molecule has 2 fully saturated rings. The highest BCUT2D eigenvalue weighted by atomic mass is 16.5. The highest BCUT2D eigenvalue weighted by molar-refractivity contribution is 4.93. The van der Waals surface area contributed by atoms with Crippen molar-refractivity contribution in [2.24, 2.45) is 5.92 Å². The van der Waals surface area contributed by atoms with Crippen LogP contribution >= 0.6 is 0 Å². The van der Waals surface area contributed by atoms with E-state index in [9.17, 15) is 0 Å². The van der Waals surface area contributed by atoms with Crippen molar-refractivity contribution in [2.45, 2.75) is 64.3 Å². The van der Waals surface area contributed by atoms with Crippen LogP contribution in [0.1, 0.15) is 45.4 Å². The number of tetrazole rings is 1. The maximum absolute atomic E-state index is 5.55. The molecule has 1 unspecified atom stereocenters. The maximum atomic E-state index is 5.55. The Kier molecular flexibility index (Phi) is 5.28. The van der Waals surface area contributed by atoms with Gasteiger partial charge in [0.1, 0.15) is 0 Å². The standard InChI is InChI=1S/C16H29N5O2/c1-16(2)10-14(22-3)4-7-20(16)12-15-17-18-19-21(15)11-13-5-8-23-9-6-13/h13-14H,4-12H2,1-3H3. The minimum absolute atomic E-state index is 0.106. The van der Waals surface area contributed by atoms with E-state index in [0.29, 0.717) is 12.0 Å². The van der Waals surface area contributed by atoms with Gasteiger partial charge in [-0.25, -0.2) is 4.68 Å². The lowest BCUT2D eigenvalue weighted by molar-refractivity contribution is -0.0297. The molecule has 7 nitrogen and oxygen atoms in total. The highest BCUT2D eigenvalue weighted by Crippen LogP contribution is 2.30. The number of rotatable bonds is 5. The average molecular weight is 323 g/mol. The Morgan fingerprint density at radius 2 is 2.04 bits per heavy atom. The van der Waals surface area contributed by atoms with Crippen molar-refractivity contribution in [3.63, 3.8) is 0 Å². The van der Waals surface area contributed by atoms with E-state index in [1.807, 2.05) is 11.8 Å². The van der Waals surface area contributed by atoms with Crippen LogP contribution in [0, 0.1) is 5.92 Å². The fraction of sp³-hybridized carbons (Fsp3) is 0.938. The van der Waals surface area contributed by atoms with Crippen LogP contribution in [-0.4, -0.2) is 63.6 Å². The minimum atomic E-state index is 0.106. The Hall–Kier alpha value is -1.05. The van der Waals surface area contributed by atoms with Gasteiger partial charge in [-0.05, 0) is 55.9 Å². The van der Waals surface area contributed by atoms with E-state index in [4.69, 9.17) is 9.47 Å². The molecule has 1 aromatic heterocycles. The van der Waals surface area contributed by atoms with E-state index in [1.165, 1.54) is 0 Å².